The molecule has 0 aromatic rings. The molecule has 2 aliphatic rings. The van der Waals surface area contributed by atoms with Crippen LogP contribution in [0.15, 0.2) is 0 Å². The third-order valence-corrected chi connectivity index (χ3v) is 4.23. The normalized spacial score (nSPS) is 29.1. The highest BCUT2D eigenvalue weighted by Crippen LogP contribution is 2.40. The number of nitrogens with zero attached hydrogens (tertiary/aromatic N) is 2. The van der Waals surface area contributed by atoms with Crippen LogP contribution in [0.1, 0.15) is 40.0 Å². The topological polar surface area (TPSA) is 6.48 Å². The van der Waals surface area contributed by atoms with Crippen LogP contribution in [0.3, 0.4) is 0 Å². The molecule has 1 aliphatic carbocycles. The summed E-state index contributed by atoms with van der Waals surface area (Å²) in [6.45, 7) is 10.8. The van der Waals surface area contributed by atoms with Crippen molar-refractivity contribution in [1.82, 2.24) is 9.80 Å². The average molecular weight is 196 g/mol. The maximum absolute atomic E-state index is 2.66. The van der Waals surface area contributed by atoms with Gasteiger partial charge in [-0.1, -0.05) is 0 Å². The molecular formula is C12H24N2. The zero-order chi connectivity index (χ0) is 10.4. The van der Waals surface area contributed by atoms with Crippen molar-refractivity contribution in [2.45, 2.75) is 51.1 Å². The molecule has 82 valence electrons. The molecule has 14 heavy (non-hydrogen) atoms. The van der Waals surface area contributed by atoms with E-state index in [1.54, 1.807) is 0 Å². The van der Waals surface area contributed by atoms with Crippen LogP contribution in [-0.4, -0.2) is 47.6 Å². The number of piperazine rings is 1. The Morgan fingerprint density at radius 3 is 2.14 bits per heavy atom. The van der Waals surface area contributed by atoms with Gasteiger partial charge in [-0.3, -0.25) is 9.80 Å². The fourth-order valence-corrected chi connectivity index (χ4v) is 2.76. The molecule has 0 N–H and O–H groups in total. The van der Waals surface area contributed by atoms with Crippen molar-refractivity contribution >= 4 is 0 Å². The first kappa shape index (κ1) is 10.4. The van der Waals surface area contributed by atoms with Gasteiger partial charge in [-0.05, 0) is 47.1 Å². The van der Waals surface area contributed by atoms with Gasteiger partial charge in [0.15, 0.2) is 0 Å². The van der Waals surface area contributed by atoms with Crippen molar-refractivity contribution < 1.29 is 0 Å². The van der Waals surface area contributed by atoms with Gasteiger partial charge in [-0.15, -0.1) is 0 Å². The van der Waals surface area contributed by atoms with Gasteiger partial charge in [-0.25, -0.2) is 0 Å². The van der Waals surface area contributed by atoms with E-state index in [9.17, 15) is 0 Å². The molecule has 1 spiro atoms. The second-order valence-corrected chi connectivity index (χ2v) is 6.09. The maximum atomic E-state index is 2.66. The number of likely N-dealkylation sites (N-methyl/N-ethyl adjacent to an activating group) is 1. The van der Waals surface area contributed by atoms with Crippen LogP contribution < -0.4 is 0 Å². The van der Waals surface area contributed by atoms with Gasteiger partial charge >= 0.3 is 0 Å². The molecule has 0 amide bonds. The van der Waals surface area contributed by atoms with Crippen LogP contribution in [0, 0.1) is 0 Å². The molecule has 2 rings (SSSR count). The lowest BCUT2D eigenvalue weighted by molar-refractivity contribution is -0.0644. The zero-order valence-electron chi connectivity index (χ0n) is 10.1. The maximum Gasteiger partial charge on any atom is 0.0334 e. The molecule has 1 saturated carbocycles. The SMILES string of the molecule is CN1CCN(C(C)(C)C)CC12CCC2. The monoisotopic (exact) mass is 196 g/mol. The predicted molar refractivity (Wildman–Crippen MR) is 60.5 cm³/mol. The molecule has 2 heteroatoms. The molecule has 0 unspecified atom stereocenters. The third kappa shape index (κ3) is 1.59. The molecule has 0 aromatic carbocycles. The smallest absolute Gasteiger partial charge is 0.0334 e. The summed E-state index contributed by atoms with van der Waals surface area (Å²) < 4.78 is 0. The molecular weight excluding hydrogens is 172 g/mol. The van der Waals surface area contributed by atoms with Crippen LogP contribution >= 0.6 is 0 Å². The van der Waals surface area contributed by atoms with E-state index in [1.807, 2.05) is 0 Å². The van der Waals surface area contributed by atoms with Gasteiger partial charge in [0.1, 0.15) is 0 Å². The Labute approximate surface area is 88.3 Å². The number of hydrogen-bond acceptors (Lipinski definition) is 2. The van der Waals surface area contributed by atoms with Crippen LogP contribution in [0.5, 0.6) is 0 Å². The Morgan fingerprint density at radius 2 is 1.71 bits per heavy atom. The van der Waals surface area contributed by atoms with Gasteiger partial charge in [0.25, 0.3) is 0 Å². The van der Waals surface area contributed by atoms with E-state index in [4.69, 9.17) is 0 Å². The van der Waals surface area contributed by atoms with E-state index >= 15 is 0 Å². The third-order valence-electron chi connectivity index (χ3n) is 4.23. The number of rotatable bonds is 0. The van der Waals surface area contributed by atoms with Gasteiger partial charge in [0, 0.05) is 30.7 Å². The zero-order valence-corrected chi connectivity index (χ0v) is 10.1. The Balaban J connectivity index is 2.06. The van der Waals surface area contributed by atoms with Crippen molar-refractivity contribution in [2.75, 3.05) is 26.7 Å². The quantitative estimate of drug-likeness (QED) is 0.584. The first-order chi connectivity index (χ1) is 6.44. The van der Waals surface area contributed by atoms with Crippen molar-refractivity contribution in [2.24, 2.45) is 0 Å². The molecule has 0 aromatic heterocycles. The molecule has 2 nitrogen and oxygen atoms in total. The van der Waals surface area contributed by atoms with Crippen molar-refractivity contribution in [3.05, 3.63) is 0 Å². The average Bonchev–Trinajstić information content (AvgIpc) is 2.00. The minimum atomic E-state index is 0.351. The summed E-state index contributed by atoms with van der Waals surface area (Å²) in [4.78, 5) is 5.25. The molecule has 2 fully saturated rings. The summed E-state index contributed by atoms with van der Waals surface area (Å²) in [7, 11) is 2.30. The van der Waals surface area contributed by atoms with Gasteiger partial charge in [-0.2, -0.15) is 0 Å². The number of hydrogen-bond donors (Lipinski definition) is 0. The van der Waals surface area contributed by atoms with Gasteiger partial charge in [0.2, 0.25) is 0 Å². The summed E-state index contributed by atoms with van der Waals surface area (Å²) >= 11 is 0. The lowest BCUT2D eigenvalue weighted by Crippen LogP contribution is -2.66. The Kier molecular flexibility index (Phi) is 2.39. The molecule has 1 heterocycles. The summed E-state index contributed by atoms with van der Waals surface area (Å²) in [6.07, 6.45) is 4.26. The predicted octanol–water partition coefficient (Wildman–Crippen LogP) is 1.95. The highest BCUT2D eigenvalue weighted by atomic mass is 15.3. The summed E-state index contributed by atoms with van der Waals surface area (Å²) in [5, 5.41) is 0. The lowest BCUT2D eigenvalue weighted by atomic mass is 9.73. The fourth-order valence-electron chi connectivity index (χ4n) is 2.76. The van der Waals surface area contributed by atoms with Crippen molar-refractivity contribution in [3.63, 3.8) is 0 Å². The van der Waals surface area contributed by atoms with E-state index in [0.29, 0.717) is 11.1 Å². The van der Waals surface area contributed by atoms with Crippen LogP contribution in [0.2, 0.25) is 0 Å². The standard InChI is InChI=1S/C12H24N2/c1-11(2,3)14-9-8-13(4)12(10-14)6-5-7-12/h5-10H2,1-4H3. The van der Waals surface area contributed by atoms with Crippen molar-refractivity contribution in [3.8, 4) is 0 Å². The first-order valence-corrected chi connectivity index (χ1v) is 5.90. The van der Waals surface area contributed by atoms with Gasteiger partial charge < -0.3 is 0 Å². The largest absolute Gasteiger partial charge is 0.298 e. The van der Waals surface area contributed by atoms with E-state index in [1.165, 1.54) is 38.9 Å². The van der Waals surface area contributed by atoms with E-state index < -0.39 is 0 Å². The molecule has 0 atom stereocenters. The summed E-state index contributed by atoms with van der Waals surface area (Å²) in [5.41, 5.74) is 0.898. The van der Waals surface area contributed by atoms with Crippen LogP contribution in [0.25, 0.3) is 0 Å². The van der Waals surface area contributed by atoms with Crippen LogP contribution in [-0.2, 0) is 0 Å². The second-order valence-electron chi connectivity index (χ2n) is 6.09. The van der Waals surface area contributed by atoms with E-state index in [-0.39, 0.29) is 0 Å². The van der Waals surface area contributed by atoms with E-state index in [2.05, 4.69) is 37.6 Å². The van der Waals surface area contributed by atoms with E-state index in [0.717, 1.165) is 0 Å². The Hall–Kier alpha value is -0.0800. The highest BCUT2D eigenvalue weighted by molar-refractivity contribution is 5.03. The Morgan fingerprint density at radius 1 is 1.07 bits per heavy atom. The lowest BCUT2D eigenvalue weighted by Gasteiger charge is -2.57. The molecule has 0 bridgehead atoms. The second kappa shape index (κ2) is 3.21. The Bertz CT molecular complexity index is 213. The summed E-state index contributed by atoms with van der Waals surface area (Å²) in [5.74, 6) is 0. The highest BCUT2D eigenvalue weighted by Gasteiger charge is 2.46. The minimum absolute atomic E-state index is 0.351. The summed E-state index contributed by atoms with van der Waals surface area (Å²) in [6, 6.07) is 0. The first-order valence-electron chi connectivity index (χ1n) is 5.90. The molecule has 1 aliphatic heterocycles. The molecule has 0 radical (unpaired) electrons. The van der Waals surface area contributed by atoms with Gasteiger partial charge in [0.05, 0.1) is 0 Å². The molecule has 1 saturated heterocycles. The minimum Gasteiger partial charge on any atom is -0.298 e. The fraction of sp³-hybridized carbons (Fsp3) is 1.00. The van der Waals surface area contributed by atoms with Crippen molar-refractivity contribution in [1.29, 1.82) is 0 Å². The van der Waals surface area contributed by atoms with Crippen LogP contribution in [0.4, 0.5) is 0 Å².